The van der Waals surface area contributed by atoms with Crippen molar-refractivity contribution in [2.45, 2.75) is 104 Å². The van der Waals surface area contributed by atoms with Gasteiger partial charge in [-0.25, -0.2) is 18.7 Å². The summed E-state index contributed by atoms with van der Waals surface area (Å²) in [4.78, 5) is 20.7. The number of nitrogens with zero attached hydrogens (tertiary/aromatic N) is 2. The van der Waals surface area contributed by atoms with Gasteiger partial charge in [0.1, 0.15) is 5.60 Å². The maximum atomic E-state index is 13.1. The standard InChI is InChI=1S/C23H38ClN3O3S2/c1-20(2,3)15-13-23(10-11-27(15)19(28)30-21(4,5)6)12-14-16(31-18(24)25-14)17(23)26-32(29)22(7,8)9/h15,17,26H,10-13H2,1-9H3/t15-,17?,23?,32+/m0/s1. The number of amides is 1. The summed E-state index contributed by atoms with van der Waals surface area (Å²) in [7, 11) is -1.24. The van der Waals surface area contributed by atoms with Gasteiger partial charge in [-0.05, 0) is 66.2 Å². The molecule has 4 atom stereocenters. The van der Waals surface area contributed by atoms with Crippen LogP contribution in [-0.4, -0.2) is 43.1 Å². The van der Waals surface area contributed by atoms with Gasteiger partial charge in [0.05, 0.1) is 27.5 Å². The number of hydrogen-bond acceptors (Lipinski definition) is 5. The molecule has 1 saturated heterocycles. The lowest BCUT2D eigenvalue weighted by Crippen LogP contribution is -2.58. The van der Waals surface area contributed by atoms with E-state index < -0.39 is 16.6 Å². The first-order chi connectivity index (χ1) is 14.4. The zero-order valence-corrected chi connectivity index (χ0v) is 23.2. The van der Waals surface area contributed by atoms with Crippen LogP contribution in [0.3, 0.4) is 0 Å². The molecule has 3 rings (SSSR count). The van der Waals surface area contributed by atoms with E-state index in [0.717, 1.165) is 29.8 Å². The Kier molecular flexibility index (Phi) is 6.89. The molecular formula is C23H38ClN3O3S2. The summed E-state index contributed by atoms with van der Waals surface area (Å²) in [5.74, 6) is 0. The van der Waals surface area contributed by atoms with Gasteiger partial charge in [-0.15, -0.1) is 11.3 Å². The van der Waals surface area contributed by atoms with Crippen LogP contribution in [0.2, 0.25) is 4.47 Å². The number of fused-ring (bicyclic) bond motifs is 1. The van der Waals surface area contributed by atoms with Crippen molar-refractivity contribution in [1.29, 1.82) is 0 Å². The number of aromatic nitrogens is 1. The van der Waals surface area contributed by atoms with Crippen LogP contribution in [-0.2, 0) is 22.1 Å². The number of carbonyl (C=O) groups excluding carboxylic acids is 1. The second-order valence-corrected chi connectivity index (χ2v) is 15.9. The van der Waals surface area contributed by atoms with E-state index >= 15 is 0 Å². The number of likely N-dealkylation sites (tertiary alicyclic amines) is 1. The Hall–Kier alpha value is -0.700. The SMILES string of the molecule is CC(C)(C)OC(=O)N1CCC2(Cc3nc(Cl)sc3C2N[S@](=O)C(C)(C)C)C[C@H]1C(C)(C)C. The number of ether oxygens (including phenoxy) is 1. The average Bonchev–Trinajstić information content (AvgIpc) is 3.06. The minimum absolute atomic E-state index is 0.0112. The van der Waals surface area contributed by atoms with Crippen LogP contribution in [0.1, 0.15) is 91.8 Å². The van der Waals surface area contributed by atoms with Crippen LogP contribution in [0.15, 0.2) is 0 Å². The molecule has 1 N–H and O–H groups in total. The van der Waals surface area contributed by atoms with Crippen molar-refractivity contribution in [3.8, 4) is 0 Å². The summed E-state index contributed by atoms with van der Waals surface area (Å²) >= 11 is 7.74. The Morgan fingerprint density at radius 3 is 2.38 bits per heavy atom. The number of hydrogen-bond donors (Lipinski definition) is 1. The fraction of sp³-hybridized carbons (Fsp3) is 0.826. The second kappa shape index (κ2) is 8.51. The van der Waals surface area contributed by atoms with E-state index in [2.05, 4.69) is 30.5 Å². The molecule has 2 heterocycles. The molecule has 1 aromatic rings. The third-order valence-corrected chi connectivity index (χ3v) is 9.16. The van der Waals surface area contributed by atoms with Gasteiger partial charge in [0, 0.05) is 22.9 Å². The Morgan fingerprint density at radius 2 is 1.84 bits per heavy atom. The van der Waals surface area contributed by atoms with Gasteiger partial charge in [-0.3, -0.25) is 0 Å². The minimum Gasteiger partial charge on any atom is -0.444 e. The fourth-order valence-electron chi connectivity index (χ4n) is 4.69. The van der Waals surface area contributed by atoms with Crippen LogP contribution in [0.4, 0.5) is 4.79 Å². The van der Waals surface area contributed by atoms with Crippen molar-refractivity contribution in [1.82, 2.24) is 14.6 Å². The molecule has 1 spiro atoms. The van der Waals surface area contributed by atoms with E-state index in [4.69, 9.17) is 16.3 Å². The third-order valence-electron chi connectivity index (χ3n) is 6.33. The Bertz CT molecular complexity index is 898. The van der Waals surface area contributed by atoms with Crippen LogP contribution in [0.25, 0.3) is 0 Å². The van der Waals surface area contributed by atoms with Crippen molar-refractivity contribution < 1.29 is 13.7 Å². The molecule has 0 aromatic carbocycles. The highest BCUT2D eigenvalue weighted by Gasteiger charge is 2.55. The zero-order chi connectivity index (χ0) is 24.3. The molecule has 6 nitrogen and oxygen atoms in total. The van der Waals surface area contributed by atoms with Crippen LogP contribution < -0.4 is 4.72 Å². The maximum absolute atomic E-state index is 13.1. The van der Waals surface area contributed by atoms with Gasteiger partial charge in [0.2, 0.25) is 0 Å². The van der Waals surface area contributed by atoms with E-state index in [-0.39, 0.29) is 33.8 Å². The summed E-state index contributed by atoms with van der Waals surface area (Å²) in [5, 5.41) is 0. The lowest BCUT2D eigenvalue weighted by Gasteiger charge is -2.51. The first-order valence-corrected chi connectivity index (χ1v) is 13.6. The molecule has 182 valence electrons. The Morgan fingerprint density at radius 1 is 1.22 bits per heavy atom. The number of carbonyl (C=O) groups is 1. The smallest absolute Gasteiger partial charge is 0.410 e. The number of piperidine rings is 1. The van der Waals surface area contributed by atoms with E-state index in [1.54, 1.807) is 0 Å². The molecule has 1 aliphatic heterocycles. The molecule has 1 aromatic heterocycles. The lowest BCUT2D eigenvalue weighted by molar-refractivity contribution is -0.0376. The van der Waals surface area contributed by atoms with Crippen molar-refractivity contribution in [3.63, 3.8) is 0 Å². The van der Waals surface area contributed by atoms with Gasteiger partial charge in [0.25, 0.3) is 0 Å². The summed E-state index contributed by atoms with van der Waals surface area (Å²) in [6.45, 7) is 18.7. The van der Waals surface area contributed by atoms with Gasteiger partial charge in [0.15, 0.2) is 4.47 Å². The van der Waals surface area contributed by atoms with E-state index in [0.29, 0.717) is 11.0 Å². The average molecular weight is 504 g/mol. The van der Waals surface area contributed by atoms with E-state index in [1.165, 1.54) is 11.3 Å². The van der Waals surface area contributed by atoms with E-state index in [9.17, 15) is 9.00 Å². The predicted octanol–water partition coefficient (Wildman–Crippen LogP) is 5.88. The summed E-state index contributed by atoms with van der Waals surface area (Å²) in [6.07, 6.45) is 2.09. The van der Waals surface area contributed by atoms with Gasteiger partial charge < -0.3 is 9.64 Å². The Balaban J connectivity index is 1.96. The molecular weight excluding hydrogens is 466 g/mol. The fourth-order valence-corrected chi connectivity index (χ4v) is 7.05. The highest BCUT2D eigenvalue weighted by Crippen LogP contribution is 2.57. The van der Waals surface area contributed by atoms with Gasteiger partial charge in [-0.2, -0.15) is 0 Å². The first-order valence-electron chi connectivity index (χ1n) is 11.3. The molecule has 2 aliphatic rings. The second-order valence-electron chi connectivity index (χ2n) is 12.3. The molecule has 0 bridgehead atoms. The van der Waals surface area contributed by atoms with E-state index in [1.807, 2.05) is 46.4 Å². The Labute approximate surface area is 204 Å². The normalized spacial score (nSPS) is 27.5. The lowest BCUT2D eigenvalue weighted by atomic mass is 9.66. The summed E-state index contributed by atoms with van der Waals surface area (Å²) in [5.41, 5.74) is 0.150. The van der Waals surface area contributed by atoms with Crippen molar-refractivity contribution >= 4 is 40.0 Å². The molecule has 1 amide bonds. The zero-order valence-electron chi connectivity index (χ0n) is 20.8. The van der Waals surface area contributed by atoms with Crippen molar-refractivity contribution in [3.05, 3.63) is 15.0 Å². The summed E-state index contributed by atoms with van der Waals surface area (Å²) < 4.78 is 22.5. The third kappa shape index (κ3) is 5.34. The van der Waals surface area contributed by atoms with Gasteiger partial charge in [-0.1, -0.05) is 32.4 Å². The highest BCUT2D eigenvalue weighted by molar-refractivity contribution is 7.84. The number of halogens is 1. The molecule has 1 aliphatic carbocycles. The molecule has 9 heteroatoms. The summed E-state index contributed by atoms with van der Waals surface area (Å²) in [6, 6.07) is -0.115. The first kappa shape index (κ1) is 25.9. The quantitative estimate of drug-likeness (QED) is 0.547. The maximum Gasteiger partial charge on any atom is 0.410 e. The predicted molar refractivity (Wildman–Crippen MR) is 132 cm³/mol. The highest BCUT2D eigenvalue weighted by atomic mass is 35.5. The number of nitrogens with one attached hydrogen (secondary N) is 1. The topological polar surface area (TPSA) is 71.5 Å². The van der Waals surface area contributed by atoms with Crippen LogP contribution >= 0.6 is 22.9 Å². The molecule has 1 fully saturated rings. The minimum atomic E-state index is -1.24. The number of thiazole rings is 1. The van der Waals surface area contributed by atoms with Gasteiger partial charge >= 0.3 is 6.09 Å². The van der Waals surface area contributed by atoms with Crippen LogP contribution in [0, 0.1) is 10.8 Å². The van der Waals surface area contributed by atoms with Crippen LogP contribution in [0.5, 0.6) is 0 Å². The molecule has 0 radical (unpaired) electrons. The largest absolute Gasteiger partial charge is 0.444 e. The molecule has 0 saturated carbocycles. The molecule has 32 heavy (non-hydrogen) atoms. The number of rotatable bonds is 2. The van der Waals surface area contributed by atoms with Crippen molar-refractivity contribution in [2.75, 3.05) is 6.54 Å². The molecule has 2 unspecified atom stereocenters. The van der Waals surface area contributed by atoms with Crippen molar-refractivity contribution in [2.24, 2.45) is 10.8 Å². The monoisotopic (exact) mass is 503 g/mol.